The van der Waals surface area contributed by atoms with Gasteiger partial charge in [0.15, 0.2) is 0 Å². The van der Waals surface area contributed by atoms with Crippen molar-refractivity contribution in [2.75, 3.05) is 6.54 Å². The molecule has 1 amide bonds. The molecule has 0 aliphatic heterocycles. The molecule has 1 unspecified atom stereocenters. The first-order valence-electron chi connectivity index (χ1n) is 10.2. The molecule has 2 heterocycles. The summed E-state index contributed by atoms with van der Waals surface area (Å²) in [6.07, 6.45) is 2.62. The Hall–Kier alpha value is -3.62. The number of nitrogens with zero attached hydrogens (tertiary/aromatic N) is 4. The van der Waals surface area contributed by atoms with Crippen molar-refractivity contribution in [3.05, 3.63) is 80.2 Å². The van der Waals surface area contributed by atoms with E-state index in [0.29, 0.717) is 11.3 Å². The summed E-state index contributed by atoms with van der Waals surface area (Å²) < 4.78 is 15.6. The molecular weight excluding hydrogens is 401 g/mol. The van der Waals surface area contributed by atoms with Crippen molar-refractivity contribution >= 4 is 5.91 Å². The molecular formula is C22H22FN5O3. The van der Waals surface area contributed by atoms with Crippen molar-refractivity contribution in [3.8, 4) is 11.3 Å². The Morgan fingerprint density at radius 1 is 1.10 bits per heavy atom. The minimum Gasteiger partial charge on any atom is -0.352 e. The highest BCUT2D eigenvalue weighted by Crippen LogP contribution is 2.18. The van der Waals surface area contributed by atoms with Gasteiger partial charge in [-0.15, -0.1) is 0 Å². The lowest BCUT2D eigenvalue weighted by atomic mass is 10.1. The minimum absolute atomic E-state index is 0.152. The standard InChI is InChI=1S/C22H22FN5O3/c1-14(28-21(30)13-16-3-2-4-18(16)26-28)22(31)24-11-12-27-20(29)10-9-19(25-27)15-5-7-17(23)8-6-15/h5-10,13-14H,2-4,11-12H2,1H3,(H,24,31). The monoisotopic (exact) mass is 423 g/mol. The number of halogens is 1. The van der Waals surface area contributed by atoms with E-state index in [9.17, 15) is 18.8 Å². The second-order valence-corrected chi connectivity index (χ2v) is 7.51. The number of aromatic nitrogens is 4. The van der Waals surface area contributed by atoms with Gasteiger partial charge in [0.25, 0.3) is 11.1 Å². The first-order chi connectivity index (χ1) is 14.9. The Balaban J connectivity index is 1.42. The van der Waals surface area contributed by atoms with Gasteiger partial charge in [0.2, 0.25) is 5.91 Å². The number of rotatable bonds is 6. The normalized spacial score (nSPS) is 13.6. The summed E-state index contributed by atoms with van der Waals surface area (Å²) in [6, 6.07) is 9.54. The Bertz CT molecular complexity index is 1230. The Morgan fingerprint density at radius 3 is 2.65 bits per heavy atom. The molecule has 160 valence electrons. The first-order valence-corrected chi connectivity index (χ1v) is 10.2. The summed E-state index contributed by atoms with van der Waals surface area (Å²) in [4.78, 5) is 37.0. The van der Waals surface area contributed by atoms with Crippen LogP contribution in [0.1, 0.15) is 30.6 Å². The van der Waals surface area contributed by atoms with Crippen LogP contribution in [0.2, 0.25) is 0 Å². The van der Waals surface area contributed by atoms with E-state index >= 15 is 0 Å². The third-order valence-corrected chi connectivity index (χ3v) is 5.36. The molecule has 0 bridgehead atoms. The van der Waals surface area contributed by atoms with Gasteiger partial charge in [0, 0.05) is 24.2 Å². The molecule has 1 aliphatic carbocycles. The van der Waals surface area contributed by atoms with Crippen LogP contribution < -0.4 is 16.4 Å². The Morgan fingerprint density at radius 2 is 1.87 bits per heavy atom. The molecule has 3 aromatic rings. The van der Waals surface area contributed by atoms with Crippen LogP contribution in [0.3, 0.4) is 0 Å². The van der Waals surface area contributed by atoms with Crippen LogP contribution in [0.15, 0.2) is 52.1 Å². The van der Waals surface area contributed by atoms with E-state index in [0.717, 1.165) is 30.5 Å². The lowest BCUT2D eigenvalue weighted by Gasteiger charge is -2.15. The molecule has 8 nitrogen and oxygen atoms in total. The number of nitrogens with one attached hydrogen (secondary N) is 1. The third-order valence-electron chi connectivity index (χ3n) is 5.36. The molecule has 1 N–H and O–H groups in total. The van der Waals surface area contributed by atoms with Gasteiger partial charge in [-0.2, -0.15) is 10.2 Å². The highest BCUT2D eigenvalue weighted by Gasteiger charge is 2.21. The average Bonchev–Trinajstić information content (AvgIpc) is 3.21. The fraction of sp³-hybridized carbons (Fsp3) is 0.318. The lowest BCUT2D eigenvalue weighted by molar-refractivity contribution is -0.124. The number of benzene rings is 1. The summed E-state index contributed by atoms with van der Waals surface area (Å²) in [5, 5.41) is 11.4. The molecule has 1 aromatic carbocycles. The lowest BCUT2D eigenvalue weighted by Crippen LogP contribution is -2.39. The van der Waals surface area contributed by atoms with Crippen LogP contribution >= 0.6 is 0 Å². The number of hydrogen-bond donors (Lipinski definition) is 1. The van der Waals surface area contributed by atoms with E-state index in [4.69, 9.17) is 0 Å². The van der Waals surface area contributed by atoms with Gasteiger partial charge in [0.1, 0.15) is 11.9 Å². The number of amides is 1. The minimum atomic E-state index is -0.770. The van der Waals surface area contributed by atoms with Gasteiger partial charge < -0.3 is 5.32 Å². The maximum atomic E-state index is 13.1. The molecule has 0 fully saturated rings. The topological polar surface area (TPSA) is 98.9 Å². The second kappa shape index (κ2) is 8.63. The molecule has 0 radical (unpaired) electrons. The van der Waals surface area contributed by atoms with Gasteiger partial charge in [0.05, 0.1) is 17.9 Å². The van der Waals surface area contributed by atoms with Crippen molar-refractivity contribution in [3.63, 3.8) is 0 Å². The summed E-state index contributed by atoms with van der Waals surface area (Å²) >= 11 is 0. The summed E-state index contributed by atoms with van der Waals surface area (Å²) in [7, 11) is 0. The third kappa shape index (κ3) is 4.45. The van der Waals surface area contributed by atoms with E-state index in [1.165, 1.54) is 27.6 Å². The maximum absolute atomic E-state index is 13.1. The predicted octanol–water partition coefficient (Wildman–Crippen LogP) is 1.47. The number of carbonyl (C=O) groups is 1. The van der Waals surface area contributed by atoms with Crippen molar-refractivity contribution in [1.82, 2.24) is 24.9 Å². The first kappa shape index (κ1) is 20.6. The Labute approximate surface area is 177 Å². The summed E-state index contributed by atoms with van der Waals surface area (Å²) in [6.45, 7) is 1.92. The van der Waals surface area contributed by atoms with E-state index in [1.807, 2.05) is 0 Å². The van der Waals surface area contributed by atoms with Gasteiger partial charge in [-0.25, -0.2) is 13.8 Å². The molecule has 4 rings (SSSR count). The average molecular weight is 423 g/mol. The van der Waals surface area contributed by atoms with Gasteiger partial charge in [-0.05, 0) is 62.1 Å². The van der Waals surface area contributed by atoms with E-state index < -0.39 is 6.04 Å². The van der Waals surface area contributed by atoms with Crippen LogP contribution in [0, 0.1) is 5.82 Å². The molecule has 1 aliphatic rings. The fourth-order valence-corrected chi connectivity index (χ4v) is 3.62. The largest absolute Gasteiger partial charge is 0.352 e. The van der Waals surface area contributed by atoms with Crippen LogP contribution in [0.4, 0.5) is 4.39 Å². The molecule has 1 atom stereocenters. The maximum Gasteiger partial charge on any atom is 0.267 e. The van der Waals surface area contributed by atoms with Crippen molar-refractivity contribution in [1.29, 1.82) is 0 Å². The number of carbonyl (C=O) groups excluding carboxylic acids is 1. The smallest absolute Gasteiger partial charge is 0.267 e. The molecule has 0 spiro atoms. The van der Waals surface area contributed by atoms with Gasteiger partial charge in [-0.1, -0.05) is 0 Å². The van der Waals surface area contributed by atoms with E-state index in [2.05, 4.69) is 15.5 Å². The predicted molar refractivity (Wildman–Crippen MR) is 112 cm³/mol. The molecule has 0 saturated heterocycles. The highest BCUT2D eigenvalue weighted by atomic mass is 19.1. The number of hydrogen-bond acceptors (Lipinski definition) is 5. The van der Waals surface area contributed by atoms with E-state index in [1.54, 1.807) is 31.2 Å². The Kier molecular flexibility index (Phi) is 5.75. The van der Waals surface area contributed by atoms with Crippen LogP contribution in [-0.2, 0) is 24.2 Å². The van der Waals surface area contributed by atoms with Gasteiger partial charge in [-0.3, -0.25) is 14.4 Å². The summed E-state index contributed by atoms with van der Waals surface area (Å²) in [5.41, 5.74) is 2.41. The second-order valence-electron chi connectivity index (χ2n) is 7.51. The quantitative estimate of drug-likeness (QED) is 0.647. The van der Waals surface area contributed by atoms with Gasteiger partial charge >= 0.3 is 0 Å². The zero-order valence-electron chi connectivity index (χ0n) is 17.0. The zero-order valence-corrected chi connectivity index (χ0v) is 17.0. The van der Waals surface area contributed by atoms with Crippen LogP contribution in [-0.4, -0.2) is 32.0 Å². The van der Waals surface area contributed by atoms with Crippen molar-refractivity contribution in [2.24, 2.45) is 0 Å². The SMILES string of the molecule is CC(C(=O)NCCn1nc(-c2ccc(F)cc2)ccc1=O)n1nc2c(cc1=O)CCC2. The molecule has 0 saturated carbocycles. The number of fused-ring (bicyclic) bond motifs is 1. The highest BCUT2D eigenvalue weighted by molar-refractivity contribution is 5.79. The van der Waals surface area contributed by atoms with Crippen molar-refractivity contribution in [2.45, 2.75) is 38.8 Å². The fourth-order valence-electron chi connectivity index (χ4n) is 3.62. The zero-order chi connectivity index (χ0) is 22.0. The van der Waals surface area contributed by atoms with Crippen molar-refractivity contribution < 1.29 is 9.18 Å². The molecule has 9 heteroatoms. The number of aryl methyl sites for hydroxylation is 2. The summed E-state index contributed by atoms with van der Waals surface area (Å²) in [5.74, 6) is -0.721. The van der Waals surface area contributed by atoms with Crippen LogP contribution in [0.5, 0.6) is 0 Å². The van der Waals surface area contributed by atoms with Crippen LogP contribution in [0.25, 0.3) is 11.3 Å². The molecule has 31 heavy (non-hydrogen) atoms. The molecule has 2 aromatic heterocycles. The van der Waals surface area contributed by atoms with E-state index in [-0.39, 0.29) is 35.9 Å².